The molecule has 0 saturated heterocycles. The fourth-order valence-electron chi connectivity index (χ4n) is 2.51. The average molecular weight is 219 g/mol. The van der Waals surface area contributed by atoms with Crippen molar-refractivity contribution >= 4 is 5.69 Å². The summed E-state index contributed by atoms with van der Waals surface area (Å²) in [6.45, 7) is 6.74. The van der Waals surface area contributed by atoms with E-state index in [1.165, 1.54) is 17.7 Å². The van der Waals surface area contributed by atoms with Gasteiger partial charge in [0, 0.05) is 25.4 Å². The topological polar surface area (TPSA) is 23.5 Å². The van der Waals surface area contributed by atoms with Crippen LogP contribution in [0.2, 0.25) is 0 Å². The first kappa shape index (κ1) is 11.5. The number of aliphatic hydroxyl groups excluding tert-OH is 1. The summed E-state index contributed by atoms with van der Waals surface area (Å²) in [5.41, 5.74) is 2.81. The molecular weight excluding hydrogens is 198 g/mol. The molecule has 0 spiro atoms. The summed E-state index contributed by atoms with van der Waals surface area (Å²) >= 11 is 0. The van der Waals surface area contributed by atoms with E-state index < -0.39 is 0 Å². The van der Waals surface area contributed by atoms with E-state index in [1.54, 1.807) is 0 Å². The summed E-state index contributed by atoms with van der Waals surface area (Å²) in [5, 5.41) is 9.15. The molecule has 1 aromatic carbocycles. The second-order valence-corrected chi connectivity index (χ2v) is 5.13. The predicted molar refractivity (Wildman–Crippen MR) is 67.8 cm³/mol. The third kappa shape index (κ3) is 2.38. The van der Waals surface area contributed by atoms with Crippen molar-refractivity contribution in [3.8, 4) is 0 Å². The van der Waals surface area contributed by atoms with Crippen LogP contribution in [0.15, 0.2) is 24.3 Å². The van der Waals surface area contributed by atoms with Crippen molar-refractivity contribution in [3.63, 3.8) is 0 Å². The van der Waals surface area contributed by atoms with Gasteiger partial charge in [0.2, 0.25) is 0 Å². The lowest BCUT2D eigenvalue weighted by Gasteiger charge is -2.36. The van der Waals surface area contributed by atoms with Gasteiger partial charge in [-0.2, -0.15) is 0 Å². The molecule has 1 aliphatic heterocycles. The zero-order valence-electron chi connectivity index (χ0n) is 10.2. The van der Waals surface area contributed by atoms with Gasteiger partial charge in [-0.25, -0.2) is 0 Å². The Balaban J connectivity index is 2.20. The van der Waals surface area contributed by atoms with Crippen molar-refractivity contribution in [3.05, 3.63) is 29.8 Å². The second kappa shape index (κ2) is 4.88. The summed E-state index contributed by atoms with van der Waals surface area (Å²) in [4.78, 5) is 2.42. The Kier molecular flexibility index (Phi) is 3.49. The van der Waals surface area contributed by atoms with Crippen LogP contribution < -0.4 is 4.90 Å². The van der Waals surface area contributed by atoms with Crippen molar-refractivity contribution < 1.29 is 5.11 Å². The number of nitrogens with zero attached hydrogens (tertiary/aromatic N) is 1. The SMILES string of the molecule is CC(CO)CN1CC(C)Cc2ccccc21. The molecule has 0 aromatic heterocycles. The third-order valence-electron chi connectivity index (χ3n) is 3.28. The molecule has 2 nitrogen and oxygen atoms in total. The number of rotatable bonds is 3. The van der Waals surface area contributed by atoms with Gasteiger partial charge in [-0.1, -0.05) is 32.0 Å². The Hall–Kier alpha value is -1.02. The predicted octanol–water partition coefficient (Wildman–Crippen LogP) is 2.31. The molecule has 0 bridgehead atoms. The maximum atomic E-state index is 9.15. The van der Waals surface area contributed by atoms with E-state index in [4.69, 9.17) is 5.11 Å². The summed E-state index contributed by atoms with van der Waals surface area (Å²) < 4.78 is 0. The van der Waals surface area contributed by atoms with Crippen LogP contribution in [-0.4, -0.2) is 24.8 Å². The molecule has 1 aromatic rings. The molecular formula is C14H21NO. The quantitative estimate of drug-likeness (QED) is 0.843. The molecule has 2 heteroatoms. The highest BCUT2D eigenvalue weighted by atomic mass is 16.3. The summed E-state index contributed by atoms with van der Waals surface area (Å²) in [6.07, 6.45) is 1.18. The van der Waals surface area contributed by atoms with Crippen molar-refractivity contribution in [1.29, 1.82) is 0 Å². The van der Waals surface area contributed by atoms with E-state index in [9.17, 15) is 0 Å². The zero-order valence-corrected chi connectivity index (χ0v) is 10.2. The first-order valence-corrected chi connectivity index (χ1v) is 6.14. The number of fused-ring (bicyclic) bond motifs is 1. The molecule has 2 atom stereocenters. The molecule has 0 radical (unpaired) electrons. The molecule has 16 heavy (non-hydrogen) atoms. The van der Waals surface area contributed by atoms with Gasteiger partial charge in [0.25, 0.3) is 0 Å². The van der Waals surface area contributed by atoms with E-state index in [0.29, 0.717) is 11.8 Å². The molecule has 2 rings (SSSR count). The van der Waals surface area contributed by atoms with Gasteiger partial charge in [-0.05, 0) is 29.9 Å². The molecule has 0 aliphatic carbocycles. The lowest BCUT2D eigenvalue weighted by molar-refractivity contribution is 0.237. The minimum atomic E-state index is 0.271. The van der Waals surface area contributed by atoms with Crippen LogP contribution in [-0.2, 0) is 6.42 Å². The summed E-state index contributed by atoms with van der Waals surface area (Å²) in [7, 11) is 0. The third-order valence-corrected chi connectivity index (χ3v) is 3.28. The van der Waals surface area contributed by atoms with Gasteiger partial charge in [-0.15, -0.1) is 0 Å². The Bertz CT molecular complexity index is 350. The van der Waals surface area contributed by atoms with Gasteiger partial charge in [0.1, 0.15) is 0 Å². The Morgan fingerprint density at radius 2 is 2.19 bits per heavy atom. The smallest absolute Gasteiger partial charge is 0.0473 e. The lowest BCUT2D eigenvalue weighted by Crippen LogP contribution is -2.37. The fourth-order valence-corrected chi connectivity index (χ4v) is 2.51. The summed E-state index contributed by atoms with van der Waals surface area (Å²) in [6, 6.07) is 8.64. The van der Waals surface area contributed by atoms with E-state index in [0.717, 1.165) is 13.1 Å². The minimum Gasteiger partial charge on any atom is -0.396 e. The van der Waals surface area contributed by atoms with Crippen LogP contribution in [0.3, 0.4) is 0 Å². The fraction of sp³-hybridized carbons (Fsp3) is 0.571. The van der Waals surface area contributed by atoms with E-state index in [2.05, 4.69) is 43.0 Å². The molecule has 0 amide bonds. The highest BCUT2D eigenvalue weighted by molar-refractivity contribution is 5.55. The van der Waals surface area contributed by atoms with Crippen LogP contribution in [0, 0.1) is 11.8 Å². The Labute approximate surface area is 97.9 Å². The molecule has 1 N–H and O–H groups in total. The van der Waals surface area contributed by atoms with Crippen molar-refractivity contribution in [1.82, 2.24) is 0 Å². The van der Waals surface area contributed by atoms with Crippen LogP contribution in [0.5, 0.6) is 0 Å². The largest absolute Gasteiger partial charge is 0.396 e. The zero-order chi connectivity index (χ0) is 11.5. The average Bonchev–Trinajstić information content (AvgIpc) is 2.28. The minimum absolute atomic E-state index is 0.271. The van der Waals surface area contributed by atoms with Gasteiger partial charge in [-0.3, -0.25) is 0 Å². The number of anilines is 1. The standard InChI is InChI=1S/C14H21NO/c1-11-7-13-5-3-4-6-14(13)15(8-11)9-12(2)10-16/h3-6,11-12,16H,7-10H2,1-2H3. The lowest BCUT2D eigenvalue weighted by atomic mass is 9.93. The number of hydrogen-bond donors (Lipinski definition) is 1. The van der Waals surface area contributed by atoms with E-state index in [1.807, 2.05) is 0 Å². The van der Waals surface area contributed by atoms with Crippen LogP contribution in [0.4, 0.5) is 5.69 Å². The van der Waals surface area contributed by atoms with Gasteiger partial charge in [0.05, 0.1) is 0 Å². The van der Waals surface area contributed by atoms with Crippen molar-refractivity contribution in [2.24, 2.45) is 11.8 Å². The maximum absolute atomic E-state index is 9.15. The molecule has 2 unspecified atom stereocenters. The molecule has 0 saturated carbocycles. The molecule has 88 valence electrons. The number of benzene rings is 1. The van der Waals surface area contributed by atoms with Gasteiger partial charge >= 0.3 is 0 Å². The van der Waals surface area contributed by atoms with Crippen LogP contribution >= 0.6 is 0 Å². The van der Waals surface area contributed by atoms with Crippen molar-refractivity contribution in [2.45, 2.75) is 20.3 Å². The molecule has 1 heterocycles. The van der Waals surface area contributed by atoms with Gasteiger partial charge in [0.15, 0.2) is 0 Å². The number of aliphatic hydroxyl groups is 1. The van der Waals surface area contributed by atoms with Crippen LogP contribution in [0.1, 0.15) is 19.4 Å². The Morgan fingerprint density at radius 1 is 1.44 bits per heavy atom. The normalized spacial score (nSPS) is 21.7. The van der Waals surface area contributed by atoms with E-state index in [-0.39, 0.29) is 6.61 Å². The monoisotopic (exact) mass is 219 g/mol. The van der Waals surface area contributed by atoms with Crippen molar-refractivity contribution in [2.75, 3.05) is 24.6 Å². The highest BCUT2D eigenvalue weighted by Crippen LogP contribution is 2.29. The molecule has 1 aliphatic rings. The maximum Gasteiger partial charge on any atom is 0.0473 e. The number of hydrogen-bond acceptors (Lipinski definition) is 2. The number of para-hydroxylation sites is 1. The highest BCUT2D eigenvalue weighted by Gasteiger charge is 2.22. The van der Waals surface area contributed by atoms with E-state index >= 15 is 0 Å². The first-order chi connectivity index (χ1) is 7.70. The first-order valence-electron chi connectivity index (χ1n) is 6.14. The summed E-state index contributed by atoms with van der Waals surface area (Å²) in [5.74, 6) is 1.05. The molecule has 0 fully saturated rings. The van der Waals surface area contributed by atoms with Gasteiger partial charge < -0.3 is 10.0 Å². The Morgan fingerprint density at radius 3 is 2.94 bits per heavy atom. The van der Waals surface area contributed by atoms with Crippen LogP contribution in [0.25, 0.3) is 0 Å². The second-order valence-electron chi connectivity index (χ2n) is 5.13.